The van der Waals surface area contributed by atoms with Crippen LogP contribution in [0.3, 0.4) is 0 Å². The van der Waals surface area contributed by atoms with E-state index in [2.05, 4.69) is 32.6 Å². The molecule has 156 valence electrons. The van der Waals surface area contributed by atoms with Gasteiger partial charge >= 0.3 is 0 Å². The highest BCUT2D eigenvalue weighted by Crippen LogP contribution is 2.27. The third-order valence-corrected chi connectivity index (χ3v) is 5.86. The molecule has 0 aliphatic rings. The molecule has 2 aromatic carbocycles. The van der Waals surface area contributed by atoms with Gasteiger partial charge in [-0.3, -0.25) is 14.3 Å². The fourth-order valence-electron chi connectivity index (χ4n) is 3.16. The van der Waals surface area contributed by atoms with Gasteiger partial charge in [-0.25, -0.2) is 0 Å². The predicted octanol–water partition coefficient (Wildman–Crippen LogP) is 4.35. The molecule has 4 aromatic rings. The summed E-state index contributed by atoms with van der Waals surface area (Å²) in [6, 6.07) is 20.0. The van der Waals surface area contributed by atoms with Crippen molar-refractivity contribution in [2.45, 2.75) is 25.5 Å². The Bertz CT molecular complexity index is 1170. The molecule has 0 saturated carbocycles. The van der Waals surface area contributed by atoms with E-state index in [4.69, 9.17) is 0 Å². The summed E-state index contributed by atoms with van der Waals surface area (Å²) in [5.41, 5.74) is 5.32. The van der Waals surface area contributed by atoms with E-state index in [0.29, 0.717) is 17.5 Å². The number of nitrogens with one attached hydrogen (secondary N) is 1. The fraction of sp³-hybridized carbons (Fsp3) is 0.167. The number of carbonyl (C=O) groups excluding carboxylic acids is 1. The molecule has 1 amide bonds. The first-order valence-corrected chi connectivity index (χ1v) is 11.0. The maximum atomic E-state index is 12.5. The molecule has 0 fully saturated rings. The van der Waals surface area contributed by atoms with Crippen molar-refractivity contribution < 1.29 is 4.79 Å². The van der Waals surface area contributed by atoms with Crippen molar-refractivity contribution in [1.29, 1.82) is 0 Å². The molecule has 0 bridgehead atoms. The SMILES string of the molecule is Cc1ccc(-n2c(SCC(=O)NCc3ccccc3C)nnc2-c2ccncc2)cc1. The maximum Gasteiger partial charge on any atom is 0.230 e. The van der Waals surface area contributed by atoms with E-state index in [1.165, 1.54) is 17.3 Å². The highest BCUT2D eigenvalue weighted by molar-refractivity contribution is 7.99. The van der Waals surface area contributed by atoms with Gasteiger partial charge in [-0.1, -0.05) is 53.7 Å². The number of aryl methyl sites for hydroxylation is 2. The lowest BCUT2D eigenvalue weighted by molar-refractivity contribution is -0.118. The standard InChI is InChI=1S/C24H23N5OS/c1-17-7-9-21(10-8-17)29-23(19-11-13-25-14-12-19)27-28-24(29)31-16-22(30)26-15-20-6-4-3-5-18(20)2/h3-14H,15-16H2,1-2H3,(H,26,30). The number of rotatable bonds is 7. The molecular formula is C24H23N5OS. The topological polar surface area (TPSA) is 72.7 Å². The van der Waals surface area contributed by atoms with Gasteiger partial charge in [-0.15, -0.1) is 10.2 Å². The number of thioether (sulfide) groups is 1. The quantitative estimate of drug-likeness (QED) is 0.442. The zero-order valence-electron chi connectivity index (χ0n) is 17.4. The second-order valence-electron chi connectivity index (χ2n) is 7.20. The smallest absolute Gasteiger partial charge is 0.230 e. The van der Waals surface area contributed by atoms with E-state index < -0.39 is 0 Å². The molecule has 0 spiro atoms. The second-order valence-corrected chi connectivity index (χ2v) is 8.15. The fourth-order valence-corrected chi connectivity index (χ4v) is 3.94. The summed E-state index contributed by atoms with van der Waals surface area (Å²) in [6.45, 7) is 4.61. The first-order valence-electron chi connectivity index (χ1n) is 9.98. The van der Waals surface area contributed by atoms with Crippen LogP contribution in [0.5, 0.6) is 0 Å². The van der Waals surface area contributed by atoms with Crippen LogP contribution >= 0.6 is 11.8 Å². The molecule has 0 aliphatic heterocycles. The van der Waals surface area contributed by atoms with Crippen LogP contribution in [0, 0.1) is 13.8 Å². The molecule has 2 aromatic heterocycles. The Labute approximate surface area is 185 Å². The summed E-state index contributed by atoms with van der Waals surface area (Å²) in [6.07, 6.45) is 3.46. The van der Waals surface area contributed by atoms with Crippen LogP contribution < -0.4 is 5.32 Å². The lowest BCUT2D eigenvalue weighted by atomic mass is 10.1. The Kier molecular flexibility index (Phi) is 6.43. The van der Waals surface area contributed by atoms with Gasteiger partial charge in [0.1, 0.15) is 0 Å². The minimum atomic E-state index is -0.0443. The van der Waals surface area contributed by atoms with Crippen molar-refractivity contribution in [2.24, 2.45) is 0 Å². The number of nitrogens with zero attached hydrogens (tertiary/aromatic N) is 4. The van der Waals surface area contributed by atoms with E-state index >= 15 is 0 Å². The number of hydrogen-bond acceptors (Lipinski definition) is 5. The first kappa shape index (κ1) is 20.8. The number of hydrogen-bond donors (Lipinski definition) is 1. The molecule has 0 aliphatic carbocycles. The lowest BCUT2D eigenvalue weighted by Gasteiger charge is -2.11. The van der Waals surface area contributed by atoms with Crippen LogP contribution in [0.25, 0.3) is 17.1 Å². The average Bonchev–Trinajstić information content (AvgIpc) is 3.22. The predicted molar refractivity (Wildman–Crippen MR) is 123 cm³/mol. The van der Waals surface area contributed by atoms with Gasteiger partial charge in [0.05, 0.1) is 5.75 Å². The Hall–Kier alpha value is -3.45. The third-order valence-electron chi connectivity index (χ3n) is 4.93. The van der Waals surface area contributed by atoms with E-state index in [9.17, 15) is 4.79 Å². The summed E-state index contributed by atoms with van der Waals surface area (Å²) in [7, 11) is 0. The van der Waals surface area contributed by atoms with Crippen LogP contribution in [-0.4, -0.2) is 31.4 Å². The molecule has 1 N–H and O–H groups in total. The Morgan fingerprint density at radius 1 is 0.968 bits per heavy atom. The normalized spacial score (nSPS) is 10.8. The van der Waals surface area contributed by atoms with Crippen LogP contribution in [0.4, 0.5) is 0 Å². The minimum absolute atomic E-state index is 0.0443. The van der Waals surface area contributed by atoms with Crippen molar-refractivity contribution in [1.82, 2.24) is 25.1 Å². The van der Waals surface area contributed by atoms with Gasteiger partial charge in [0.25, 0.3) is 0 Å². The highest BCUT2D eigenvalue weighted by Gasteiger charge is 2.17. The largest absolute Gasteiger partial charge is 0.351 e. The molecule has 31 heavy (non-hydrogen) atoms. The zero-order valence-corrected chi connectivity index (χ0v) is 18.3. The van der Waals surface area contributed by atoms with Gasteiger partial charge in [-0.05, 0) is 49.2 Å². The van der Waals surface area contributed by atoms with E-state index in [1.807, 2.05) is 66.9 Å². The molecule has 7 heteroatoms. The zero-order chi connectivity index (χ0) is 21.6. The van der Waals surface area contributed by atoms with Crippen molar-refractivity contribution in [2.75, 3.05) is 5.75 Å². The number of carbonyl (C=O) groups is 1. The molecule has 0 atom stereocenters. The molecule has 6 nitrogen and oxygen atoms in total. The summed E-state index contributed by atoms with van der Waals surface area (Å²) in [4.78, 5) is 16.6. The number of benzene rings is 2. The first-order chi connectivity index (χ1) is 15.1. The third kappa shape index (κ3) is 5.00. The highest BCUT2D eigenvalue weighted by atomic mass is 32.2. The molecule has 0 radical (unpaired) electrons. The van der Waals surface area contributed by atoms with Gasteiger partial charge in [0.15, 0.2) is 11.0 Å². The van der Waals surface area contributed by atoms with Gasteiger partial charge in [0, 0.05) is 30.2 Å². The number of aromatic nitrogens is 4. The maximum absolute atomic E-state index is 12.5. The summed E-state index contributed by atoms with van der Waals surface area (Å²) < 4.78 is 1.98. The van der Waals surface area contributed by atoms with Gasteiger partial charge in [0.2, 0.25) is 5.91 Å². The molecular weight excluding hydrogens is 406 g/mol. The second kappa shape index (κ2) is 9.57. The summed E-state index contributed by atoms with van der Waals surface area (Å²) >= 11 is 1.37. The van der Waals surface area contributed by atoms with Crippen LogP contribution in [0.2, 0.25) is 0 Å². The minimum Gasteiger partial charge on any atom is -0.351 e. The summed E-state index contributed by atoms with van der Waals surface area (Å²) in [5, 5.41) is 12.4. The van der Waals surface area contributed by atoms with Crippen molar-refractivity contribution in [3.05, 3.63) is 89.7 Å². The van der Waals surface area contributed by atoms with Gasteiger partial charge in [-0.2, -0.15) is 0 Å². The molecule has 4 rings (SSSR count). The van der Waals surface area contributed by atoms with E-state index in [-0.39, 0.29) is 11.7 Å². The molecule has 2 heterocycles. The summed E-state index contributed by atoms with van der Waals surface area (Å²) in [5.74, 6) is 0.929. The Morgan fingerprint density at radius 2 is 1.71 bits per heavy atom. The van der Waals surface area contributed by atoms with Gasteiger partial charge < -0.3 is 5.32 Å². The molecule has 0 unspecified atom stereocenters. The number of pyridine rings is 1. The Balaban J connectivity index is 1.53. The van der Waals surface area contributed by atoms with Crippen LogP contribution in [-0.2, 0) is 11.3 Å². The molecule has 0 saturated heterocycles. The van der Waals surface area contributed by atoms with Crippen molar-refractivity contribution in [3.8, 4) is 17.1 Å². The average molecular weight is 430 g/mol. The van der Waals surface area contributed by atoms with Crippen molar-refractivity contribution >= 4 is 17.7 Å². The van der Waals surface area contributed by atoms with E-state index in [1.54, 1.807) is 12.4 Å². The van der Waals surface area contributed by atoms with Crippen LogP contribution in [0.1, 0.15) is 16.7 Å². The van der Waals surface area contributed by atoms with Crippen molar-refractivity contribution in [3.63, 3.8) is 0 Å². The van der Waals surface area contributed by atoms with Crippen LogP contribution in [0.15, 0.2) is 78.2 Å². The lowest BCUT2D eigenvalue weighted by Crippen LogP contribution is -2.25. The Morgan fingerprint density at radius 3 is 2.45 bits per heavy atom. The monoisotopic (exact) mass is 429 g/mol. The van der Waals surface area contributed by atoms with E-state index in [0.717, 1.165) is 22.4 Å². The number of amides is 1.